The summed E-state index contributed by atoms with van der Waals surface area (Å²) in [6, 6.07) is 21.9. The summed E-state index contributed by atoms with van der Waals surface area (Å²) in [4.78, 5) is 23.8. The molecule has 2 aromatic carbocycles. The predicted molar refractivity (Wildman–Crippen MR) is 152 cm³/mol. The van der Waals surface area contributed by atoms with Crippen molar-refractivity contribution in [3.8, 4) is 11.9 Å². The number of pyridine rings is 1. The highest BCUT2D eigenvalue weighted by Crippen LogP contribution is 2.41. The second-order valence-electron chi connectivity index (χ2n) is 9.82. The Balaban J connectivity index is 1.56. The maximum absolute atomic E-state index is 13.2. The molecule has 1 amide bonds. The number of benzene rings is 2. The predicted octanol–water partition coefficient (Wildman–Crippen LogP) is 4.65. The second-order valence-corrected chi connectivity index (χ2v) is 9.82. The maximum atomic E-state index is 13.2. The molecule has 0 aliphatic heterocycles. The summed E-state index contributed by atoms with van der Waals surface area (Å²) in [7, 11) is 1.58. The lowest BCUT2D eigenvalue weighted by molar-refractivity contribution is 0.0925. The van der Waals surface area contributed by atoms with Crippen molar-refractivity contribution in [1.29, 1.82) is 5.26 Å². The molecule has 1 aromatic heterocycles. The number of ether oxygens (including phenoxy) is 1. The zero-order chi connectivity index (χ0) is 27.5. The van der Waals surface area contributed by atoms with Crippen LogP contribution in [0.1, 0.15) is 54.1 Å². The largest absolute Gasteiger partial charge is 0.496 e. The normalized spacial score (nSPS) is 19.0. The third-order valence-electron chi connectivity index (χ3n) is 7.52. The van der Waals surface area contributed by atoms with Crippen molar-refractivity contribution in [1.82, 2.24) is 20.5 Å². The van der Waals surface area contributed by atoms with Gasteiger partial charge in [-0.2, -0.15) is 5.26 Å². The Morgan fingerprint density at radius 2 is 1.85 bits per heavy atom. The van der Waals surface area contributed by atoms with Gasteiger partial charge in [-0.3, -0.25) is 9.78 Å². The van der Waals surface area contributed by atoms with Gasteiger partial charge in [-0.1, -0.05) is 48.5 Å². The van der Waals surface area contributed by atoms with E-state index in [1.54, 1.807) is 25.4 Å². The summed E-state index contributed by atoms with van der Waals surface area (Å²) in [5.74, 6) is 1.01. The first kappa shape index (κ1) is 27.6. The lowest BCUT2D eigenvalue weighted by Gasteiger charge is -2.45. The molecule has 1 saturated carbocycles. The molecule has 0 unspecified atom stereocenters. The van der Waals surface area contributed by atoms with Gasteiger partial charge in [0.25, 0.3) is 5.91 Å². The van der Waals surface area contributed by atoms with E-state index < -0.39 is 0 Å². The number of para-hydroxylation sites is 1. The summed E-state index contributed by atoms with van der Waals surface area (Å²) in [6.45, 7) is 3.80. The smallest absolute Gasteiger partial charge is 0.255 e. The number of nitriles is 1. The van der Waals surface area contributed by atoms with E-state index in [4.69, 9.17) is 4.74 Å². The van der Waals surface area contributed by atoms with Crippen molar-refractivity contribution in [3.63, 3.8) is 0 Å². The third-order valence-corrected chi connectivity index (χ3v) is 7.52. The summed E-state index contributed by atoms with van der Waals surface area (Å²) >= 11 is 0. The fourth-order valence-electron chi connectivity index (χ4n) is 5.48. The monoisotopic (exact) mass is 524 g/mol. The molecule has 4 rings (SSSR count). The van der Waals surface area contributed by atoms with Gasteiger partial charge >= 0.3 is 0 Å². The molecule has 2 N–H and O–H groups in total. The van der Waals surface area contributed by atoms with E-state index in [0.717, 1.165) is 31.2 Å². The Hall–Kier alpha value is -4.38. The van der Waals surface area contributed by atoms with Gasteiger partial charge in [-0.05, 0) is 61.9 Å². The van der Waals surface area contributed by atoms with Crippen LogP contribution in [-0.4, -0.2) is 48.0 Å². The minimum absolute atomic E-state index is 0.140. The van der Waals surface area contributed by atoms with Crippen molar-refractivity contribution >= 4 is 11.9 Å². The Kier molecular flexibility index (Phi) is 9.52. The van der Waals surface area contributed by atoms with Crippen LogP contribution in [0.4, 0.5) is 0 Å². The summed E-state index contributed by atoms with van der Waals surface area (Å²) in [6.07, 6.45) is 9.11. The summed E-state index contributed by atoms with van der Waals surface area (Å²) < 4.78 is 5.41. The molecule has 202 valence electrons. The van der Waals surface area contributed by atoms with Crippen LogP contribution >= 0.6 is 0 Å². The van der Waals surface area contributed by atoms with Gasteiger partial charge in [0, 0.05) is 43.5 Å². The number of guanidine groups is 1. The van der Waals surface area contributed by atoms with Gasteiger partial charge < -0.3 is 20.3 Å². The van der Waals surface area contributed by atoms with E-state index in [9.17, 15) is 10.1 Å². The summed E-state index contributed by atoms with van der Waals surface area (Å²) in [5.41, 5.74) is 2.60. The second kappa shape index (κ2) is 13.4. The molecule has 0 atom stereocenters. The van der Waals surface area contributed by atoms with Crippen LogP contribution in [0, 0.1) is 11.5 Å². The van der Waals surface area contributed by atoms with E-state index >= 15 is 0 Å². The Morgan fingerprint density at radius 3 is 2.51 bits per heavy atom. The van der Waals surface area contributed by atoms with Gasteiger partial charge in [0.1, 0.15) is 5.75 Å². The van der Waals surface area contributed by atoms with E-state index in [2.05, 4.69) is 49.8 Å². The molecule has 1 heterocycles. The molecular weight excluding hydrogens is 488 g/mol. The van der Waals surface area contributed by atoms with E-state index in [1.165, 1.54) is 5.56 Å². The highest BCUT2D eigenvalue weighted by molar-refractivity contribution is 5.97. The first-order chi connectivity index (χ1) is 19.1. The third kappa shape index (κ3) is 6.74. The van der Waals surface area contributed by atoms with Gasteiger partial charge in [-0.25, -0.2) is 0 Å². The van der Waals surface area contributed by atoms with Gasteiger partial charge in [0.2, 0.25) is 12.2 Å². The number of nitrogens with zero attached hydrogens (tertiary/aromatic N) is 4. The zero-order valence-corrected chi connectivity index (χ0v) is 22.6. The molecule has 1 aliphatic carbocycles. The number of aromatic nitrogens is 1. The maximum Gasteiger partial charge on any atom is 0.255 e. The van der Waals surface area contributed by atoms with Crippen LogP contribution in [0.2, 0.25) is 0 Å². The van der Waals surface area contributed by atoms with Crippen molar-refractivity contribution < 1.29 is 9.53 Å². The minimum Gasteiger partial charge on any atom is -0.496 e. The Labute approximate surface area is 230 Å². The molecule has 8 heteroatoms. The van der Waals surface area contributed by atoms with E-state index in [1.807, 2.05) is 49.6 Å². The van der Waals surface area contributed by atoms with Crippen LogP contribution in [0.3, 0.4) is 0 Å². The van der Waals surface area contributed by atoms with Crippen LogP contribution in [0.25, 0.3) is 0 Å². The van der Waals surface area contributed by atoms with Gasteiger partial charge in [-0.15, -0.1) is 4.99 Å². The van der Waals surface area contributed by atoms with E-state index in [-0.39, 0.29) is 17.4 Å². The number of rotatable bonds is 9. The number of carbonyl (C=O) groups excluding carboxylic acids is 1. The van der Waals surface area contributed by atoms with Crippen LogP contribution in [0.15, 0.2) is 84.1 Å². The van der Waals surface area contributed by atoms with Crippen molar-refractivity contribution in [2.45, 2.75) is 50.6 Å². The number of aliphatic imine (C=N–C) groups is 1. The topological polar surface area (TPSA) is 103 Å². The molecule has 3 aromatic rings. The standard InChI is InChI=1S/C31H36N6O2/c1-3-34-30(36-23-32)37(21-24-10-9-19-33-20-24)26-15-17-31(18-16-26,25-11-5-4-6-12-25)22-35-29(38)27-13-7-8-14-28(27)39-2/h4-14,19-20,26H,3,15-18,21-22H2,1-2H3,(H,34,36)(H,35,38)/t26-,31-. The average molecular weight is 525 g/mol. The number of hydrogen-bond acceptors (Lipinski definition) is 5. The fraction of sp³-hybridized carbons (Fsp3) is 0.355. The quantitative estimate of drug-likeness (QED) is 0.240. The number of amides is 1. The molecular formula is C31H36N6O2. The Bertz CT molecular complexity index is 1280. The minimum atomic E-state index is -0.208. The molecule has 0 radical (unpaired) electrons. The molecule has 39 heavy (non-hydrogen) atoms. The average Bonchev–Trinajstić information content (AvgIpc) is 3.00. The number of nitrogens with one attached hydrogen (secondary N) is 2. The SMILES string of the molecule is CCN/C(=N\C#N)N(Cc1cccnc1)[C@H]1CC[C@](CNC(=O)c2ccccc2OC)(c2ccccc2)CC1. The molecule has 0 bridgehead atoms. The van der Waals surface area contributed by atoms with Crippen molar-refractivity contribution in [2.24, 2.45) is 4.99 Å². The van der Waals surface area contributed by atoms with Gasteiger partial charge in [0.15, 0.2) is 0 Å². The molecule has 8 nitrogen and oxygen atoms in total. The molecule has 1 aliphatic rings. The van der Waals surface area contributed by atoms with Crippen LogP contribution < -0.4 is 15.4 Å². The number of hydrogen-bond donors (Lipinski definition) is 2. The van der Waals surface area contributed by atoms with Gasteiger partial charge in [0.05, 0.1) is 12.7 Å². The van der Waals surface area contributed by atoms with Crippen molar-refractivity contribution in [2.75, 3.05) is 20.2 Å². The highest BCUT2D eigenvalue weighted by Gasteiger charge is 2.39. The highest BCUT2D eigenvalue weighted by atomic mass is 16.5. The molecule has 0 spiro atoms. The lowest BCUT2D eigenvalue weighted by atomic mass is 9.67. The zero-order valence-electron chi connectivity index (χ0n) is 22.6. The number of methoxy groups -OCH3 is 1. The molecule has 0 saturated heterocycles. The first-order valence-corrected chi connectivity index (χ1v) is 13.4. The fourth-order valence-corrected chi connectivity index (χ4v) is 5.48. The Morgan fingerprint density at radius 1 is 1.10 bits per heavy atom. The number of carbonyl (C=O) groups is 1. The summed E-state index contributed by atoms with van der Waals surface area (Å²) in [5, 5.41) is 15.9. The van der Waals surface area contributed by atoms with Crippen LogP contribution in [-0.2, 0) is 12.0 Å². The first-order valence-electron chi connectivity index (χ1n) is 13.4. The van der Waals surface area contributed by atoms with Crippen LogP contribution in [0.5, 0.6) is 5.75 Å². The lowest BCUT2D eigenvalue weighted by Crippen LogP contribution is -2.51. The van der Waals surface area contributed by atoms with Crippen molar-refractivity contribution in [3.05, 3.63) is 95.8 Å². The molecule has 1 fully saturated rings. The van der Waals surface area contributed by atoms with E-state index in [0.29, 0.717) is 36.9 Å².